The zero-order valence-electron chi connectivity index (χ0n) is 13.8. The van der Waals surface area contributed by atoms with Crippen molar-refractivity contribution in [2.45, 2.75) is 39.5 Å². The van der Waals surface area contributed by atoms with Crippen molar-refractivity contribution >= 4 is 5.91 Å². The van der Waals surface area contributed by atoms with Crippen molar-refractivity contribution < 1.29 is 9.53 Å². The Morgan fingerprint density at radius 1 is 1.17 bits per heavy atom. The SMILES string of the molecule is CCC(C)N(Cc1cccnc1)C(=O)COCc1ccccc1. The van der Waals surface area contributed by atoms with E-state index in [-0.39, 0.29) is 18.6 Å². The molecule has 23 heavy (non-hydrogen) atoms. The van der Waals surface area contributed by atoms with Crippen molar-refractivity contribution in [3.05, 3.63) is 66.0 Å². The Bertz CT molecular complexity index is 587. The summed E-state index contributed by atoms with van der Waals surface area (Å²) in [5.41, 5.74) is 2.10. The fourth-order valence-corrected chi connectivity index (χ4v) is 2.31. The van der Waals surface area contributed by atoms with Crippen molar-refractivity contribution in [2.24, 2.45) is 0 Å². The van der Waals surface area contributed by atoms with E-state index in [4.69, 9.17) is 4.74 Å². The van der Waals surface area contributed by atoms with Crippen LogP contribution in [-0.4, -0.2) is 28.4 Å². The predicted octanol–water partition coefficient (Wildman–Crippen LogP) is 3.43. The van der Waals surface area contributed by atoms with Gasteiger partial charge in [-0.1, -0.05) is 43.3 Å². The molecular weight excluding hydrogens is 288 g/mol. The quantitative estimate of drug-likeness (QED) is 0.750. The maximum atomic E-state index is 12.5. The Morgan fingerprint density at radius 2 is 1.91 bits per heavy atom. The van der Waals surface area contributed by atoms with Gasteiger partial charge < -0.3 is 9.64 Å². The lowest BCUT2D eigenvalue weighted by Crippen LogP contribution is -2.40. The number of rotatable bonds is 8. The molecule has 0 N–H and O–H groups in total. The highest BCUT2D eigenvalue weighted by Crippen LogP contribution is 2.11. The molecule has 1 heterocycles. The van der Waals surface area contributed by atoms with Crippen molar-refractivity contribution in [1.82, 2.24) is 9.88 Å². The molecule has 0 radical (unpaired) electrons. The fourth-order valence-electron chi connectivity index (χ4n) is 2.31. The van der Waals surface area contributed by atoms with Gasteiger partial charge in [-0.15, -0.1) is 0 Å². The van der Waals surface area contributed by atoms with E-state index in [1.807, 2.05) is 47.4 Å². The Labute approximate surface area is 138 Å². The van der Waals surface area contributed by atoms with Gasteiger partial charge in [0.15, 0.2) is 0 Å². The van der Waals surface area contributed by atoms with Gasteiger partial charge in [0.1, 0.15) is 6.61 Å². The zero-order valence-corrected chi connectivity index (χ0v) is 13.8. The summed E-state index contributed by atoms with van der Waals surface area (Å²) in [7, 11) is 0. The van der Waals surface area contributed by atoms with E-state index in [9.17, 15) is 4.79 Å². The van der Waals surface area contributed by atoms with Crippen LogP contribution in [0.2, 0.25) is 0 Å². The molecule has 1 atom stereocenters. The highest BCUT2D eigenvalue weighted by Gasteiger charge is 2.19. The second kappa shape index (κ2) is 9.06. The molecule has 0 aliphatic rings. The zero-order chi connectivity index (χ0) is 16.5. The minimum atomic E-state index is 0.0131. The maximum absolute atomic E-state index is 12.5. The molecule has 0 aliphatic carbocycles. The smallest absolute Gasteiger partial charge is 0.249 e. The first-order chi connectivity index (χ1) is 11.2. The molecule has 0 fully saturated rings. The second-order valence-corrected chi connectivity index (χ2v) is 5.62. The molecule has 0 saturated carbocycles. The topological polar surface area (TPSA) is 42.4 Å². The van der Waals surface area contributed by atoms with E-state index in [1.54, 1.807) is 12.4 Å². The molecule has 1 aromatic carbocycles. The van der Waals surface area contributed by atoms with Gasteiger partial charge in [-0.25, -0.2) is 0 Å². The fraction of sp³-hybridized carbons (Fsp3) is 0.368. The molecule has 1 aromatic heterocycles. The molecule has 2 aromatic rings. The number of hydrogen-bond acceptors (Lipinski definition) is 3. The number of pyridine rings is 1. The highest BCUT2D eigenvalue weighted by molar-refractivity contribution is 5.77. The molecule has 4 heteroatoms. The molecule has 1 unspecified atom stereocenters. The van der Waals surface area contributed by atoms with Crippen LogP contribution < -0.4 is 0 Å². The minimum Gasteiger partial charge on any atom is -0.367 e. The van der Waals surface area contributed by atoms with Crippen LogP contribution in [0.1, 0.15) is 31.4 Å². The first-order valence-corrected chi connectivity index (χ1v) is 8.00. The summed E-state index contributed by atoms with van der Waals surface area (Å²) in [6.45, 7) is 5.26. The molecule has 0 saturated heterocycles. The van der Waals surface area contributed by atoms with E-state index in [0.29, 0.717) is 13.2 Å². The lowest BCUT2D eigenvalue weighted by Gasteiger charge is -2.28. The van der Waals surface area contributed by atoms with Crippen molar-refractivity contribution in [2.75, 3.05) is 6.61 Å². The number of nitrogens with zero attached hydrogens (tertiary/aromatic N) is 2. The largest absolute Gasteiger partial charge is 0.367 e. The third-order valence-corrected chi connectivity index (χ3v) is 3.86. The number of carbonyl (C=O) groups is 1. The van der Waals surface area contributed by atoms with E-state index in [1.165, 1.54) is 0 Å². The van der Waals surface area contributed by atoms with Crippen LogP contribution in [0.25, 0.3) is 0 Å². The normalized spacial score (nSPS) is 11.9. The van der Waals surface area contributed by atoms with Crippen LogP contribution in [0.3, 0.4) is 0 Å². The first-order valence-electron chi connectivity index (χ1n) is 8.00. The van der Waals surface area contributed by atoms with Gasteiger partial charge in [0.25, 0.3) is 0 Å². The maximum Gasteiger partial charge on any atom is 0.249 e. The standard InChI is InChI=1S/C19H24N2O2/c1-3-16(2)21(13-18-10-7-11-20-12-18)19(22)15-23-14-17-8-5-4-6-9-17/h4-12,16H,3,13-15H2,1-2H3. The van der Waals surface area contributed by atoms with E-state index in [0.717, 1.165) is 17.5 Å². The van der Waals surface area contributed by atoms with E-state index < -0.39 is 0 Å². The van der Waals surface area contributed by atoms with Gasteiger partial charge in [-0.2, -0.15) is 0 Å². The highest BCUT2D eigenvalue weighted by atomic mass is 16.5. The molecule has 122 valence electrons. The average molecular weight is 312 g/mol. The molecule has 4 nitrogen and oxygen atoms in total. The van der Waals surface area contributed by atoms with Crippen LogP contribution in [-0.2, 0) is 22.7 Å². The van der Waals surface area contributed by atoms with Gasteiger partial charge >= 0.3 is 0 Å². The lowest BCUT2D eigenvalue weighted by atomic mass is 10.2. The van der Waals surface area contributed by atoms with Gasteiger partial charge in [-0.3, -0.25) is 9.78 Å². The van der Waals surface area contributed by atoms with Crippen LogP contribution in [0.15, 0.2) is 54.9 Å². The minimum absolute atomic E-state index is 0.0131. The van der Waals surface area contributed by atoms with Gasteiger partial charge in [-0.05, 0) is 30.5 Å². The summed E-state index contributed by atoms with van der Waals surface area (Å²) in [6, 6.07) is 13.9. The molecule has 1 amide bonds. The summed E-state index contributed by atoms with van der Waals surface area (Å²) in [4.78, 5) is 18.5. The van der Waals surface area contributed by atoms with Gasteiger partial charge in [0.05, 0.1) is 6.61 Å². The van der Waals surface area contributed by atoms with Crippen molar-refractivity contribution in [3.63, 3.8) is 0 Å². The van der Waals surface area contributed by atoms with Gasteiger partial charge in [0, 0.05) is 25.0 Å². The summed E-state index contributed by atoms with van der Waals surface area (Å²) < 4.78 is 5.59. The van der Waals surface area contributed by atoms with Gasteiger partial charge in [0.2, 0.25) is 5.91 Å². The molecule has 2 rings (SSSR count). The summed E-state index contributed by atoms with van der Waals surface area (Å²) in [6.07, 6.45) is 4.44. The number of benzene rings is 1. The van der Waals surface area contributed by atoms with Crippen molar-refractivity contribution in [1.29, 1.82) is 0 Å². The third kappa shape index (κ3) is 5.49. The first kappa shape index (κ1) is 17.2. The number of carbonyl (C=O) groups excluding carboxylic acids is 1. The summed E-state index contributed by atoms with van der Waals surface area (Å²) >= 11 is 0. The third-order valence-electron chi connectivity index (χ3n) is 3.86. The van der Waals surface area contributed by atoms with Crippen LogP contribution >= 0.6 is 0 Å². The Morgan fingerprint density at radius 3 is 2.57 bits per heavy atom. The molecular formula is C19H24N2O2. The van der Waals surface area contributed by atoms with E-state index in [2.05, 4.69) is 18.8 Å². The molecule has 0 aliphatic heterocycles. The number of hydrogen-bond donors (Lipinski definition) is 0. The number of amides is 1. The monoisotopic (exact) mass is 312 g/mol. The Kier molecular flexibility index (Phi) is 6.76. The van der Waals surface area contributed by atoms with E-state index >= 15 is 0 Å². The summed E-state index contributed by atoms with van der Waals surface area (Å²) in [5.74, 6) is 0.0131. The number of ether oxygens (including phenoxy) is 1. The van der Waals surface area contributed by atoms with Crippen LogP contribution in [0.5, 0.6) is 0 Å². The number of aromatic nitrogens is 1. The molecule has 0 spiro atoms. The average Bonchev–Trinajstić information content (AvgIpc) is 2.60. The Balaban J connectivity index is 1.91. The summed E-state index contributed by atoms with van der Waals surface area (Å²) in [5, 5.41) is 0. The second-order valence-electron chi connectivity index (χ2n) is 5.62. The van der Waals surface area contributed by atoms with Crippen LogP contribution in [0.4, 0.5) is 0 Å². The van der Waals surface area contributed by atoms with Crippen molar-refractivity contribution in [3.8, 4) is 0 Å². The Hall–Kier alpha value is -2.20. The lowest BCUT2D eigenvalue weighted by molar-refractivity contribution is -0.139. The molecule has 0 bridgehead atoms. The van der Waals surface area contributed by atoms with Crippen LogP contribution in [0, 0.1) is 0 Å². The predicted molar refractivity (Wildman–Crippen MR) is 90.6 cm³/mol.